The molecule has 4 heteroatoms. The maximum absolute atomic E-state index is 11.7. The first-order chi connectivity index (χ1) is 6.25. The third kappa shape index (κ3) is 3.37. The van der Waals surface area contributed by atoms with Crippen LogP contribution in [0.4, 0.5) is 0 Å². The Labute approximate surface area is 82.5 Å². The summed E-state index contributed by atoms with van der Waals surface area (Å²) >= 11 is 0. The molecule has 1 rings (SSSR count). The second kappa shape index (κ2) is 5.73. The van der Waals surface area contributed by atoms with Crippen molar-refractivity contribution in [3.05, 3.63) is 0 Å². The second-order valence-electron chi connectivity index (χ2n) is 3.48. The van der Waals surface area contributed by atoms with Crippen LogP contribution in [0, 0.1) is 0 Å². The Hall–Kier alpha value is 0.0700. The van der Waals surface area contributed by atoms with Crippen molar-refractivity contribution in [2.24, 2.45) is 5.73 Å². The summed E-state index contributed by atoms with van der Waals surface area (Å²) in [7, 11) is -0.707. The summed E-state index contributed by atoms with van der Waals surface area (Å²) in [5, 5.41) is 0.262. The van der Waals surface area contributed by atoms with Crippen LogP contribution >= 0.6 is 0 Å². The van der Waals surface area contributed by atoms with E-state index in [0.717, 1.165) is 31.6 Å². The molecule has 0 spiro atoms. The Balaban J connectivity index is 2.22. The van der Waals surface area contributed by atoms with Gasteiger partial charge in [-0.3, -0.25) is 4.21 Å². The summed E-state index contributed by atoms with van der Waals surface area (Å²) in [6.45, 7) is 3.49. The number of ether oxygens (including phenoxy) is 1. The van der Waals surface area contributed by atoms with Gasteiger partial charge >= 0.3 is 0 Å². The standard InChI is InChI=1S/C9H19NO2S/c1-8-9(4-6-12-8)13(11)7-3-2-5-10/h8-9H,2-7,10H2,1H3. The minimum absolute atomic E-state index is 0.179. The van der Waals surface area contributed by atoms with Crippen LogP contribution in [0.2, 0.25) is 0 Å². The lowest BCUT2D eigenvalue weighted by molar-refractivity contribution is 0.127. The molecule has 3 nitrogen and oxygen atoms in total. The molecule has 0 amide bonds. The largest absolute Gasteiger partial charge is 0.377 e. The zero-order chi connectivity index (χ0) is 9.68. The summed E-state index contributed by atoms with van der Waals surface area (Å²) in [4.78, 5) is 0. The van der Waals surface area contributed by atoms with Crippen LogP contribution in [0.5, 0.6) is 0 Å². The van der Waals surface area contributed by atoms with Crippen molar-refractivity contribution in [2.75, 3.05) is 18.9 Å². The third-order valence-electron chi connectivity index (χ3n) is 2.44. The highest BCUT2D eigenvalue weighted by atomic mass is 32.2. The maximum Gasteiger partial charge on any atom is 0.0691 e. The van der Waals surface area contributed by atoms with Crippen molar-refractivity contribution in [3.8, 4) is 0 Å². The summed E-state index contributed by atoms with van der Waals surface area (Å²) in [5.41, 5.74) is 5.37. The fraction of sp³-hybridized carbons (Fsp3) is 1.00. The molecule has 3 unspecified atom stereocenters. The van der Waals surface area contributed by atoms with Crippen LogP contribution in [-0.2, 0) is 15.5 Å². The Kier molecular flexibility index (Phi) is 4.91. The number of hydrogen-bond acceptors (Lipinski definition) is 3. The van der Waals surface area contributed by atoms with E-state index in [4.69, 9.17) is 10.5 Å². The Morgan fingerprint density at radius 2 is 2.31 bits per heavy atom. The Bertz CT molecular complexity index is 175. The predicted molar refractivity (Wildman–Crippen MR) is 55.1 cm³/mol. The number of hydrogen-bond donors (Lipinski definition) is 1. The molecule has 0 saturated carbocycles. The molecule has 2 N–H and O–H groups in total. The molecule has 13 heavy (non-hydrogen) atoms. The normalized spacial score (nSPS) is 30.6. The first-order valence-corrected chi connectivity index (χ1v) is 6.32. The molecule has 0 radical (unpaired) electrons. The lowest BCUT2D eigenvalue weighted by Crippen LogP contribution is -2.25. The van der Waals surface area contributed by atoms with Crippen molar-refractivity contribution < 1.29 is 8.95 Å². The van der Waals surface area contributed by atoms with E-state index in [9.17, 15) is 4.21 Å². The van der Waals surface area contributed by atoms with Gasteiger partial charge in [0.15, 0.2) is 0 Å². The van der Waals surface area contributed by atoms with Crippen molar-refractivity contribution >= 4 is 10.8 Å². The van der Waals surface area contributed by atoms with Gasteiger partial charge in [0.25, 0.3) is 0 Å². The fourth-order valence-electron chi connectivity index (χ4n) is 1.60. The van der Waals surface area contributed by atoms with Gasteiger partial charge in [-0.15, -0.1) is 0 Å². The zero-order valence-corrected chi connectivity index (χ0v) is 9.02. The molecule has 78 valence electrons. The molecule has 1 fully saturated rings. The van der Waals surface area contributed by atoms with Crippen molar-refractivity contribution in [2.45, 2.75) is 37.5 Å². The van der Waals surface area contributed by atoms with Gasteiger partial charge < -0.3 is 10.5 Å². The minimum atomic E-state index is -0.707. The highest BCUT2D eigenvalue weighted by molar-refractivity contribution is 7.85. The second-order valence-corrected chi connectivity index (χ2v) is 5.26. The summed E-state index contributed by atoms with van der Waals surface area (Å²) in [6, 6.07) is 0. The van der Waals surface area contributed by atoms with E-state index in [1.165, 1.54) is 0 Å². The zero-order valence-electron chi connectivity index (χ0n) is 8.20. The molecule has 3 atom stereocenters. The predicted octanol–water partition coefficient (Wildman–Crippen LogP) is 0.651. The highest BCUT2D eigenvalue weighted by Gasteiger charge is 2.28. The van der Waals surface area contributed by atoms with Crippen molar-refractivity contribution in [3.63, 3.8) is 0 Å². The average molecular weight is 205 g/mol. The van der Waals surface area contributed by atoms with Crippen molar-refractivity contribution in [1.29, 1.82) is 0 Å². The van der Waals surface area contributed by atoms with Crippen LogP contribution in [0.15, 0.2) is 0 Å². The van der Waals surface area contributed by atoms with Crippen LogP contribution in [0.3, 0.4) is 0 Å². The van der Waals surface area contributed by atoms with E-state index in [1.54, 1.807) is 0 Å². The van der Waals surface area contributed by atoms with Gasteiger partial charge in [-0.05, 0) is 32.7 Å². The lowest BCUT2D eigenvalue weighted by atomic mass is 10.3. The SMILES string of the molecule is CC1OCCC1S(=O)CCCCN. The van der Waals surface area contributed by atoms with E-state index in [-0.39, 0.29) is 11.4 Å². The van der Waals surface area contributed by atoms with E-state index >= 15 is 0 Å². The monoisotopic (exact) mass is 205 g/mol. The summed E-state index contributed by atoms with van der Waals surface area (Å²) < 4.78 is 17.1. The molecule has 1 heterocycles. The highest BCUT2D eigenvalue weighted by Crippen LogP contribution is 2.19. The van der Waals surface area contributed by atoms with E-state index in [2.05, 4.69) is 0 Å². The van der Waals surface area contributed by atoms with Gasteiger partial charge in [-0.25, -0.2) is 0 Å². The smallest absolute Gasteiger partial charge is 0.0691 e. The number of rotatable bonds is 5. The summed E-state index contributed by atoms with van der Waals surface area (Å²) in [6.07, 6.45) is 3.09. The average Bonchev–Trinajstić information content (AvgIpc) is 2.52. The van der Waals surface area contributed by atoms with Crippen LogP contribution in [0.1, 0.15) is 26.2 Å². The van der Waals surface area contributed by atoms with Gasteiger partial charge in [0.1, 0.15) is 0 Å². The van der Waals surface area contributed by atoms with Gasteiger partial charge in [-0.1, -0.05) is 0 Å². The molecule has 0 aromatic heterocycles. The van der Waals surface area contributed by atoms with Gasteiger partial charge in [0.05, 0.1) is 11.4 Å². The van der Waals surface area contributed by atoms with Gasteiger partial charge in [0, 0.05) is 23.2 Å². The molecule has 0 aromatic rings. The quantitative estimate of drug-likeness (QED) is 0.671. The summed E-state index contributed by atoms with van der Waals surface area (Å²) in [5.74, 6) is 0.787. The van der Waals surface area contributed by atoms with Crippen LogP contribution in [0.25, 0.3) is 0 Å². The lowest BCUT2D eigenvalue weighted by Gasteiger charge is -2.13. The number of nitrogens with two attached hydrogens (primary N) is 1. The minimum Gasteiger partial charge on any atom is -0.377 e. The first-order valence-electron chi connectivity index (χ1n) is 4.94. The van der Waals surface area contributed by atoms with E-state index in [0.29, 0.717) is 6.54 Å². The maximum atomic E-state index is 11.7. The molecule has 1 saturated heterocycles. The Morgan fingerprint density at radius 3 is 2.85 bits per heavy atom. The third-order valence-corrected chi connectivity index (χ3v) is 4.43. The van der Waals surface area contributed by atoms with Gasteiger partial charge in [0.2, 0.25) is 0 Å². The van der Waals surface area contributed by atoms with Crippen LogP contribution < -0.4 is 5.73 Å². The van der Waals surface area contributed by atoms with E-state index < -0.39 is 10.8 Å². The molecular formula is C9H19NO2S. The molecule has 1 aliphatic heterocycles. The number of unbranched alkanes of at least 4 members (excludes halogenated alkanes) is 1. The molecule has 0 aromatic carbocycles. The van der Waals surface area contributed by atoms with Crippen molar-refractivity contribution in [1.82, 2.24) is 0 Å². The molecule has 0 aliphatic carbocycles. The molecular weight excluding hydrogens is 186 g/mol. The molecule has 0 bridgehead atoms. The first kappa shape index (κ1) is 11.1. The van der Waals surface area contributed by atoms with Gasteiger partial charge in [-0.2, -0.15) is 0 Å². The Morgan fingerprint density at radius 1 is 1.54 bits per heavy atom. The topological polar surface area (TPSA) is 52.3 Å². The fourth-order valence-corrected chi connectivity index (χ4v) is 3.25. The van der Waals surface area contributed by atoms with Crippen LogP contribution in [-0.4, -0.2) is 34.5 Å². The van der Waals surface area contributed by atoms with E-state index in [1.807, 2.05) is 6.92 Å². The molecule has 1 aliphatic rings.